The van der Waals surface area contributed by atoms with Crippen LogP contribution in [0.1, 0.15) is 17.2 Å². The zero-order chi connectivity index (χ0) is 14.7. The molecule has 2 nitrogen and oxygen atoms in total. The van der Waals surface area contributed by atoms with Crippen LogP contribution in [0.25, 0.3) is 10.8 Å². The maximum Gasteiger partial charge on any atom is 0.121 e. The fraction of sp³-hybridized carbons (Fsp3) is 0.158. The van der Waals surface area contributed by atoms with Crippen molar-refractivity contribution in [1.29, 1.82) is 0 Å². The molecule has 0 saturated carbocycles. The first kappa shape index (κ1) is 16.3. The van der Waals surface area contributed by atoms with Crippen molar-refractivity contribution in [3.8, 4) is 5.75 Å². The highest BCUT2D eigenvalue weighted by atomic mass is 35.5. The van der Waals surface area contributed by atoms with E-state index in [1.54, 1.807) is 6.07 Å². The summed E-state index contributed by atoms with van der Waals surface area (Å²) in [6.07, 6.45) is 0.846. The van der Waals surface area contributed by atoms with Crippen LogP contribution in [-0.4, -0.2) is 12.2 Å². The van der Waals surface area contributed by atoms with Gasteiger partial charge < -0.3 is 10.4 Å². The summed E-state index contributed by atoms with van der Waals surface area (Å²) in [5.41, 5.74) is 2.23. The number of benzene rings is 3. The number of likely N-dealkylation sites (N-methyl/N-ethyl adjacent to an activating group) is 1. The van der Waals surface area contributed by atoms with Crippen molar-refractivity contribution < 1.29 is 5.11 Å². The molecule has 0 bridgehead atoms. The number of nitrogens with one attached hydrogen (secondary N) is 1. The smallest absolute Gasteiger partial charge is 0.121 e. The molecule has 0 aliphatic rings. The van der Waals surface area contributed by atoms with Crippen LogP contribution in [0.15, 0.2) is 66.7 Å². The average Bonchev–Trinajstić information content (AvgIpc) is 2.54. The van der Waals surface area contributed by atoms with Gasteiger partial charge in [-0.15, -0.1) is 12.4 Å². The van der Waals surface area contributed by atoms with E-state index in [1.165, 1.54) is 5.56 Å². The second kappa shape index (κ2) is 7.30. The largest absolute Gasteiger partial charge is 0.508 e. The molecule has 0 amide bonds. The van der Waals surface area contributed by atoms with Gasteiger partial charge in [0.25, 0.3) is 0 Å². The highest BCUT2D eigenvalue weighted by Crippen LogP contribution is 2.33. The van der Waals surface area contributed by atoms with E-state index in [-0.39, 0.29) is 18.4 Å². The third-order valence-electron chi connectivity index (χ3n) is 3.93. The summed E-state index contributed by atoms with van der Waals surface area (Å²) in [5.74, 6) is 0.351. The van der Waals surface area contributed by atoms with E-state index in [1.807, 2.05) is 43.4 Å². The van der Waals surface area contributed by atoms with Gasteiger partial charge in [-0.25, -0.2) is 0 Å². The van der Waals surface area contributed by atoms with Crippen LogP contribution in [0, 0.1) is 0 Å². The standard InChI is InChI=1S/C19H19NO.ClH/c1-20-17(13-14-7-3-2-4-8-14)19-16-10-6-5-9-15(16)11-12-18(19)21;/h2-12,17,20-21H,13H2,1H3;1H. The molecule has 3 aromatic carbocycles. The number of phenolic OH excluding ortho intramolecular Hbond substituents is 1. The lowest BCUT2D eigenvalue weighted by Gasteiger charge is -2.20. The van der Waals surface area contributed by atoms with Crippen LogP contribution in [0.3, 0.4) is 0 Å². The Hall–Kier alpha value is -2.03. The van der Waals surface area contributed by atoms with Gasteiger partial charge in [0, 0.05) is 11.6 Å². The lowest BCUT2D eigenvalue weighted by atomic mass is 9.93. The van der Waals surface area contributed by atoms with Gasteiger partial charge in [-0.05, 0) is 35.9 Å². The topological polar surface area (TPSA) is 32.3 Å². The summed E-state index contributed by atoms with van der Waals surface area (Å²) in [7, 11) is 1.94. The van der Waals surface area contributed by atoms with E-state index in [0.717, 1.165) is 22.8 Å². The number of hydrogen-bond acceptors (Lipinski definition) is 2. The van der Waals surface area contributed by atoms with E-state index in [2.05, 4.69) is 29.6 Å². The predicted molar refractivity (Wildman–Crippen MR) is 94.8 cm³/mol. The molecule has 0 heterocycles. The first-order valence-electron chi connectivity index (χ1n) is 7.21. The van der Waals surface area contributed by atoms with Crippen molar-refractivity contribution in [1.82, 2.24) is 5.32 Å². The number of phenols is 1. The monoisotopic (exact) mass is 313 g/mol. The second-order valence-electron chi connectivity index (χ2n) is 5.25. The molecule has 22 heavy (non-hydrogen) atoms. The summed E-state index contributed by atoms with van der Waals surface area (Å²) >= 11 is 0. The van der Waals surface area contributed by atoms with Crippen LogP contribution in [0.2, 0.25) is 0 Å². The molecule has 2 N–H and O–H groups in total. The Kier molecular flexibility index (Phi) is 5.42. The van der Waals surface area contributed by atoms with Crippen molar-refractivity contribution in [3.63, 3.8) is 0 Å². The molecule has 0 aliphatic heterocycles. The molecule has 0 aromatic heterocycles. The van der Waals surface area contributed by atoms with Crippen LogP contribution in [0.4, 0.5) is 0 Å². The number of hydrogen-bond donors (Lipinski definition) is 2. The summed E-state index contributed by atoms with van der Waals surface area (Å²) < 4.78 is 0. The fourth-order valence-electron chi connectivity index (χ4n) is 2.85. The molecular weight excluding hydrogens is 294 g/mol. The summed E-state index contributed by atoms with van der Waals surface area (Å²) in [6.45, 7) is 0. The van der Waals surface area contributed by atoms with Crippen LogP contribution in [-0.2, 0) is 6.42 Å². The SMILES string of the molecule is CNC(Cc1ccccc1)c1c(O)ccc2ccccc12.Cl. The van der Waals surface area contributed by atoms with Crippen LogP contribution >= 0.6 is 12.4 Å². The summed E-state index contributed by atoms with van der Waals surface area (Å²) in [4.78, 5) is 0. The third-order valence-corrected chi connectivity index (χ3v) is 3.93. The van der Waals surface area contributed by atoms with Gasteiger partial charge in [0.15, 0.2) is 0 Å². The molecule has 3 aromatic rings. The summed E-state index contributed by atoms with van der Waals surface area (Å²) in [5, 5.41) is 15.9. The number of fused-ring (bicyclic) bond motifs is 1. The van der Waals surface area contributed by atoms with Crippen molar-refractivity contribution in [2.75, 3.05) is 7.05 Å². The highest BCUT2D eigenvalue weighted by Gasteiger charge is 2.17. The quantitative estimate of drug-likeness (QED) is 0.745. The van der Waals surface area contributed by atoms with Crippen LogP contribution < -0.4 is 5.32 Å². The summed E-state index contributed by atoms with van der Waals surface area (Å²) in [6, 6.07) is 22.4. The maximum absolute atomic E-state index is 10.3. The normalized spacial score (nSPS) is 11.9. The Balaban J connectivity index is 0.00000176. The molecule has 0 fully saturated rings. The van der Waals surface area contributed by atoms with Crippen molar-refractivity contribution in [2.45, 2.75) is 12.5 Å². The molecule has 0 spiro atoms. The zero-order valence-corrected chi connectivity index (χ0v) is 13.3. The Bertz CT molecular complexity index is 743. The lowest BCUT2D eigenvalue weighted by Crippen LogP contribution is -2.19. The first-order chi connectivity index (χ1) is 10.3. The van der Waals surface area contributed by atoms with Gasteiger partial charge in [0.05, 0.1) is 0 Å². The predicted octanol–water partition coefficient (Wildman–Crippen LogP) is 4.47. The van der Waals surface area contributed by atoms with Crippen molar-refractivity contribution >= 4 is 23.2 Å². The minimum atomic E-state index is 0. The van der Waals surface area contributed by atoms with E-state index in [9.17, 15) is 5.11 Å². The molecule has 1 atom stereocenters. The van der Waals surface area contributed by atoms with Crippen molar-refractivity contribution in [3.05, 3.63) is 77.9 Å². The Labute approximate surface area is 137 Å². The molecule has 3 heteroatoms. The van der Waals surface area contributed by atoms with E-state index >= 15 is 0 Å². The van der Waals surface area contributed by atoms with E-state index in [4.69, 9.17) is 0 Å². The van der Waals surface area contributed by atoms with Crippen molar-refractivity contribution in [2.24, 2.45) is 0 Å². The van der Waals surface area contributed by atoms with E-state index in [0.29, 0.717) is 5.75 Å². The van der Waals surface area contributed by atoms with Gasteiger partial charge >= 0.3 is 0 Å². The van der Waals surface area contributed by atoms with Crippen LogP contribution in [0.5, 0.6) is 5.75 Å². The molecule has 0 saturated heterocycles. The minimum Gasteiger partial charge on any atom is -0.508 e. The fourth-order valence-corrected chi connectivity index (χ4v) is 2.85. The first-order valence-corrected chi connectivity index (χ1v) is 7.21. The Morgan fingerprint density at radius 2 is 1.59 bits per heavy atom. The Morgan fingerprint density at radius 3 is 2.32 bits per heavy atom. The Morgan fingerprint density at radius 1 is 0.909 bits per heavy atom. The number of aromatic hydroxyl groups is 1. The number of halogens is 1. The zero-order valence-electron chi connectivity index (χ0n) is 12.5. The molecular formula is C19H20ClNO. The highest BCUT2D eigenvalue weighted by molar-refractivity contribution is 5.88. The second-order valence-corrected chi connectivity index (χ2v) is 5.25. The molecule has 114 valence electrons. The van der Waals surface area contributed by atoms with Gasteiger partial charge in [0.1, 0.15) is 5.75 Å². The lowest BCUT2D eigenvalue weighted by molar-refractivity contribution is 0.454. The molecule has 0 aliphatic carbocycles. The van der Waals surface area contributed by atoms with Gasteiger partial charge in [-0.1, -0.05) is 60.7 Å². The van der Waals surface area contributed by atoms with Gasteiger partial charge in [0.2, 0.25) is 0 Å². The minimum absolute atomic E-state index is 0. The van der Waals surface area contributed by atoms with E-state index < -0.39 is 0 Å². The average molecular weight is 314 g/mol. The molecule has 3 rings (SSSR count). The number of rotatable bonds is 4. The maximum atomic E-state index is 10.3. The molecule has 0 radical (unpaired) electrons. The molecule has 1 unspecified atom stereocenters. The van der Waals surface area contributed by atoms with Gasteiger partial charge in [-0.2, -0.15) is 0 Å². The van der Waals surface area contributed by atoms with Gasteiger partial charge in [-0.3, -0.25) is 0 Å². The third kappa shape index (κ3) is 3.24.